The van der Waals surface area contributed by atoms with E-state index in [-0.39, 0.29) is 5.56 Å². The van der Waals surface area contributed by atoms with Crippen molar-refractivity contribution in [1.82, 2.24) is 9.88 Å². The first-order chi connectivity index (χ1) is 13.7. The summed E-state index contributed by atoms with van der Waals surface area (Å²) in [6, 6.07) is 18.2. The molecule has 0 unspecified atom stereocenters. The number of aryl methyl sites for hydroxylation is 1. The number of nitrogens with zero attached hydrogens (tertiary/aromatic N) is 2. The summed E-state index contributed by atoms with van der Waals surface area (Å²) in [7, 11) is 0. The van der Waals surface area contributed by atoms with Gasteiger partial charge in [-0.15, -0.1) is 0 Å². The Morgan fingerprint density at radius 2 is 1.79 bits per heavy atom. The number of para-hydroxylation sites is 1. The second-order valence-electron chi connectivity index (χ2n) is 7.39. The van der Waals surface area contributed by atoms with Gasteiger partial charge >= 0.3 is 0 Å². The van der Waals surface area contributed by atoms with Crippen molar-refractivity contribution in [2.75, 3.05) is 44.2 Å². The van der Waals surface area contributed by atoms with E-state index in [9.17, 15) is 4.79 Å². The van der Waals surface area contributed by atoms with Gasteiger partial charge in [0.15, 0.2) is 0 Å². The van der Waals surface area contributed by atoms with E-state index >= 15 is 0 Å². The number of H-pyrrole nitrogens is 1. The van der Waals surface area contributed by atoms with Gasteiger partial charge in [0.2, 0.25) is 5.56 Å². The second-order valence-corrected chi connectivity index (χ2v) is 7.39. The standard InChI is InChI=1S/C23H27N3O2/c1-18-16-23(27)24-22-17-20(8-9-21(18)22)28-15-5-10-25-11-13-26(14-12-25)19-6-3-2-4-7-19/h2-4,6-9,16-17H,5,10-15H2,1H3,(H,24,27). The van der Waals surface area contributed by atoms with Crippen LogP contribution in [-0.4, -0.2) is 49.2 Å². The van der Waals surface area contributed by atoms with Crippen LogP contribution in [0.25, 0.3) is 10.9 Å². The third-order valence-corrected chi connectivity index (χ3v) is 5.40. The quantitative estimate of drug-likeness (QED) is 0.669. The lowest BCUT2D eigenvalue weighted by Crippen LogP contribution is -2.46. The van der Waals surface area contributed by atoms with Crippen molar-refractivity contribution < 1.29 is 4.74 Å². The molecule has 146 valence electrons. The summed E-state index contributed by atoms with van der Waals surface area (Å²) in [5.74, 6) is 0.808. The lowest BCUT2D eigenvalue weighted by Gasteiger charge is -2.36. The molecule has 0 spiro atoms. The van der Waals surface area contributed by atoms with Crippen molar-refractivity contribution in [1.29, 1.82) is 0 Å². The monoisotopic (exact) mass is 377 g/mol. The van der Waals surface area contributed by atoms with Crippen molar-refractivity contribution in [2.24, 2.45) is 0 Å². The van der Waals surface area contributed by atoms with Crippen LogP contribution < -0.4 is 15.2 Å². The van der Waals surface area contributed by atoms with Gasteiger partial charge in [0, 0.05) is 55.9 Å². The molecular weight excluding hydrogens is 350 g/mol. The molecule has 5 nitrogen and oxygen atoms in total. The summed E-state index contributed by atoms with van der Waals surface area (Å²) in [4.78, 5) is 19.5. The summed E-state index contributed by atoms with van der Waals surface area (Å²) < 4.78 is 5.92. The first kappa shape index (κ1) is 18.6. The Bertz CT molecular complexity index is 976. The van der Waals surface area contributed by atoms with Crippen molar-refractivity contribution in [3.8, 4) is 5.75 Å². The Balaban J connectivity index is 1.23. The molecule has 1 aliphatic rings. The van der Waals surface area contributed by atoms with Gasteiger partial charge in [0.25, 0.3) is 0 Å². The fourth-order valence-electron chi connectivity index (χ4n) is 3.85. The summed E-state index contributed by atoms with van der Waals surface area (Å²) in [5.41, 5.74) is 3.06. The highest BCUT2D eigenvalue weighted by atomic mass is 16.5. The van der Waals surface area contributed by atoms with Crippen LogP contribution in [0.15, 0.2) is 59.4 Å². The molecule has 1 N–H and O–H groups in total. The number of nitrogens with one attached hydrogen (secondary N) is 1. The van der Waals surface area contributed by atoms with Crippen LogP contribution in [-0.2, 0) is 0 Å². The molecule has 28 heavy (non-hydrogen) atoms. The van der Waals surface area contributed by atoms with E-state index in [0.717, 1.165) is 61.4 Å². The Hall–Kier alpha value is -2.79. The molecule has 0 radical (unpaired) electrons. The molecule has 1 aromatic heterocycles. The zero-order chi connectivity index (χ0) is 19.3. The highest BCUT2D eigenvalue weighted by molar-refractivity contribution is 5.82. The largest absolute Gasteiger partial charge is 0.493 e. The lowest BCUT2D eigenvalue weighted by atomic mass is 10.1. The maximum atomic E-state index is 11.7. The van der Waals surface area contributed by atoms with Crippen LogP contribution in [0.3, 0.4) is 0 Å². The van der Waals surface area contributed by atoms with Gasteiger partial charge in [-0.05, 0) is 43.2 Å². The Morgan fingerprint density at radius 1 is 1.00 bits per heavy atom. The third kappa shape index (κ3) is 4.37. The second kappa shape index (κ2) is 8.48. The van der Waals surface area contributed by atoms with Crippen molar-refractivity contribution in [3.63, 3.8) is 0 Å². The number of aromatic amines is 1. The average Bonchev–Trinajstić information content (AvgIpc) is 2.72. The van der Waals surface area contributed by atoms with Gasteiger partial charge in [0.1, 0.15) is 5.75 Å². The number of piperazine rings is 1. The van der Waals surface area contributed by atoms with Gasteiger partial charge in [-0.2, -0.15) is 0 Å². The van der Waals surface area contributed by atoms with Gasteiger partial charge in [-0.3, -0.25) is 9.69 Å². The van der Waals surface area contributed by atoms with Crippen LogP contribution in [0.5, 0.6) is 5.75 Å². The molecule has 2 heterocycles. The highest BCUT2D eigenvalue weighted by Gasteiger charge is 2.16. The van der Waals surface area contributed by atoms with Gasteiger partial charge in [-0.1, -0.05) is 18.2 Å². The van der Waals surface area contributed by atoms with Crippen LogP contribution in [0, 0.1) is 6.92 Å². The Kier molecular flexibility index (Phi) is 5.63. The summed E-state index contributed by atoms with van der Waals surface area (Å²) in [5, 5.41) is 1.06. The van der Waals surface area contributed by atoms with E-state index in [0.29, 0.717) is 6.61 Å². The fourth-order valence-corrected chi connectivity index (χ4v) is 3.85. The topological polar surface area (TPSA) is 48.6 Å². The predicted molar refractivity (Wildman–Crippen MR) is 115 cm³/mol. The summed E-state index contributed by atoms with van der Waals surface area (Å²) >= 11 is 0. The predicted octanol–water partition coefficient (Wildman–Crippen LogP) is 3.43. The van der Waals surface area contributed by atoms with E-state index in [1.165, 1.54) is 5.69 Å². The molecule has 0 saturated carbocycles. The average molecular weight is 377 g/mol. The molecule has 0 atom stereocenters. The number of pyridine rings is 1. The van der Waals surface area contributed by atoms with E-state index in [4.69, 9.17) is 4.74 Å². The Morgan fingerprint density at radius 3 is 2.57 bits per heavy atom. The number of anilines is 1. The number of rotatable bonds is 6. The number of hydrogen-bond donors (Lipinski definition) is 1. The molecule has 1 aliphatic heterocycles. The summed E-state index contributed by atoms with van der Waals surface area (Å²) in [6.45, 7) is 8.00. The van der Waals surface area contributed by atoms with Crippen molar-refractivity contribution >= 4 is 16.6 Å². The number of ether oxygens (including phenoxy) is 1. The van der Waals surface area contributed by atoms with Gasteiger partial charge in [0.05, 0.1) is 12.1 Å². The zero-order valence-electron chi connectivity index (χ0n) is 16.4. The minimum atomic E-state index is -0.0724. The number of fused-ring (bicyclic) bond motifs is 1. The lowest BCUT2D eigenvalue weighted by molar-refractivity contribution is 0.225. The molecule has 5 heteroatoms. The highest BCUT2D eigenvalue weighted by Crippen LogP contribution is 2.21. The maximum absolute atomic E-state index is 11.7. The SMILES string of the molecule is Cc1cc(=O)[nH]c2cc(OCCCN3CCN(c4ccccc4)CC3)ccc12. The van der Waals surface area contributed by atoms with E-state index in [2.05, 4.69) is 45.1 Å². The van der Waals surface area contributed by atoms with Crippen LogP contribution in [0.2, 0.25) is 0 Å². The fraction of sp³-hybridized carbons (Fsp3) is 0.348. The van der Waals surface area contributed by atoms with Crippen LogP contribution in [0.4, 0.5) is 5.69 Å². The molecule has 0 bridgehead atoms. The van der Waals surface area contributed by atoms with Crippen molar-refractivity contribution in [3.05, 3.63) is 70.5 Å². The van der Waals surface area contributed by atoms with Gasteiger partial charge in [-0.25, -0.2) is 0 Å². The first-order valence-electron chi connectivity index (χ1n) is 9.98. The molecule has 0 amide bonds. The third-order valence-electron chi connectivity index (χ3n) is 5.40. The molecule has 0 aliphatic carbocycles. The molecule has 1 fully saturated rings. The van der Waals surface area contributed by atoms with Crippen molar-refractivity contribution in [2.45, 2.75) is 13.3 Å². The molecular formula is C23H27N3O2. The summed E-state index contributed by atoms with van der Waals surface area (Å²) in [6.07, 6.45) is 0.994. The first-order valence-corrected chi connectivity index (χ1v) is 9.98. The maximum Gasteiger partial charge on any atom is 0.248 e. The normalized spacial score (nSPS) is 15.1. The number of hydrogen-bond acceptors (Lipinski definition) is 4. The van der Waals surface area contributed by atoms with Gasteiger partial charge < -0.3 is 14.6 Å². The molecule has 4 rings (SSSR count). The van der Waals surface area contributed by atoms with Crippen LogP contribution in [0.1, 0.15) is 12.0 Å². The van der Waals surface area contributed by atoms with E-state index in [1.54, 1.807) is 6.07 Å². The van der Waals surface area contributed by atoms with Crippen LogP contribution >= 0.6 is 0 Å². The number of benzene rings is 2. The van der Waals surface area contributed by atoms with E-state index < -0.39 is 0 Å². The zero-order valence-corrected chi connectivity index (χ0v) is 16.4. The minimum absolute atomic E-state index is 0.0724. The number of aromatic nitrogens is 1. The molecule has 2 aromatic carbocycles. The minimum Gasteiger partial charge on any atom is -0.493 e. The smallest absolute Gasteiger partial charge is 0.248 e. The molecule has 3 aromatic rings. The Labute approximate surface area is 165 Å². The molecule has 1 saturated heterocycles. The van der Waals surface area contributed by atoms with E-state index in [1.807, 2.05) is 25.1 Å².